The monoisotopic (exact) mass is 312 g/mol. The number of carbonyl (C=O) groups is 1. The third kappa shape index (κ3) is 2.61. The van der Waals surface area contributed by atoms with Crippen LogP contribution in [0.4, 0.5) is 5.69 Å². The highest BCUT2D eigenvalue weighted by molar-refractivity contribution is 6.30. The van der Waals surface area contributed by atoms with E-state index < -0.39 is 5.91 Å². The molecule has 3 aromatic rings. The summed E-state index contributed by atoms with van der Waals surface area (Å²) < 4.78 is 0. The SMILES string of the molecule is Cc1cc(Cl)ccc1NC(=O)c1c[nH]c2ccccc2c1=O. The molecule has 5 heteroatoms. The van der Waals surface area contributed by atoms with Gasteiger partial charge in [0, 0.05) is 27.8 Å². The van der Waals surface area contributed by atoms with Gasteiger partial charge in [0.05, 0.1) is 0 Å². The van der Waals surface area contributed by atoms with Crippen molar-refractivity contribution < 1.29 is 4.79 Å². The zero-order valence-electron chi connectivity index (χ0n) is 11.8. The Kier molecular flexibility index (Phi) is 3.69. The molecule has 0 unspecified atom stereocenters. The third-order valence-electron chi connectivity index (χ3n) is 3.47. The highest BCUT2D eigenvalue weighted by Gasteiger charge is 2.13. The average molecular weight is 313 g/mol. The Morgan fingerprint density at radius 3 is 2.73 bits per heavy atom. The van der Waals surface area contributed by atoms with E-state index in [0.29, 0.717) is 21.6 Å². The first-order chi connectivity index (χ1) is 10.6. The van der Waals surface area contributed by atoms with Gasteiger partial charge >= 0.3 is 0 Å². The standard InChI is InChI=1S/C17H13ClN2O2/c1-10-8-11(18)6-7-14(10)20-17(22)13-9-19-15-5-3-2-4-12(15)16(13)21/h2-9H,1H3,(H,19,21)(H,20,22). The van der Waals surface area contributed by atoms with Gasteiger partial charge < -0.3 is 10.3 Å². The van der Waals surface area contributed by atoms with Crippen LogP contribution in [-0.4, -0.2) is 10.9 Å². The number of anilines is 1. The van der Waals surface area contributed by atoms with E-state index >= 15 is 0 Å². The van der Waals surface area contributed by atoms with E-state index in [4.69, 9.17) is 11.6 Å². The highest BCUT2D eigenvalue weighted by atomic mass is 35.5. The second-order valence-electron chi connectivity index (χ2n) is 4.99. The molecule has 4 nitrogen and oxygen atoms in total. The second kappa shape index (κ2) is 5.66. The fraction of sp³-hybridized carbons (Fsp3) is 0.0588. The van der Waals surface area contributed by atoms with E-state index in [0.717, 1.165) is 5.56 Å². The van der Waals surface area contributed by atoms with Crippen LogP contribution in [0.5, 0.6) is 0 Å². The molecule has 0 saturated heterocycles. The lowest BCUT2D eigenvalue weighted by Crippen LogP contribution is -2.22. The van der Waals surface area contributed by atoms with E-state index in [1.54, 1.807) is 36.4 Å². The molecule has 0 aliphatic carbocycles. The summed E-state index contributed by atoms with van der Waals surface area (Å²) in [5.41, 5.74) is 1.94. The maximum Gasteiger partial charge on any atom is 0.261 e. The van der Waals surface area contributed by atoms with Crippen LogP contribution in [0, 0.1) is 6.92 Å². The summed E-state index contributed by atoms with van der Waals surface area (Å²) in [5.74, 6) is -0.447. The second-order valence-corrected chi connectivity index (χ2v) is 5.43. The van der Waals surface area contributed by atoms with Crippen molar-refractivity contribution in [3.63, 3.8) is 0 Å². The predicted octanol–water partition coefficient (Wildman–Crippen LogP) is 3.74. The van der Waals surface area contributed by atoms with Crippen LogP contribution in [0.1, 0.15) is 15.9 Å². The number of H-pyrrole nitrogens is 1. The zero-order chi connectivity index (χ0) is 15.7. The minimum atomic E-state index is -0.447. The van der Waals surface area contributed by atoms with Gasteiger partial charge in [0.25, 0.3) is 5.91 Å². The minimum Gasteiger partial charge on any atom is -0.360 e. The molecule has 0 saturated carbocycles. The number of halogens is 1. The summed E-state index contributed by atoms with van der Waals surface area (Å²) in [6.07, 6.45) is 1.44. The zero-order valence-corrected chi connectivity index (χ0v) is 12.6. The average Bonchev–Trinajstić information content (AvgIpc) is 2.50. The minimum absolute atomic E-state index is 0.0769. The fourth-order valence-electron chi connectivity index (χ4n) is 2.29. The van der Waals surface area contributed by atoms with Gasteiger partial charge in [-0.15, -0.1) is 0 Å². The van der Waals surface area contributed by atoms with Gasteiger partial charge in [-0.1, -0.05) is 23.7 Å². The smallest absolute Gasteiger partial charge is 0.261 e. The van der Waals surface area contributed by atoms with E-state index in [1.807, 2.05) is 13.0 Å². The van der Waals surface area contributed by atoms with E-state index in [1.165, 1.54) is 6.20 Å². The first-order valence-electron chi connectivity index (χ1n) is 6.74. The van der Waals surface area contributed by atoms with Gasteiger partial charge in [-0.05, 0) is 42.8 Å². The molecule has 0 bridgehead atoms. The van der Waals surface area contributed by atoms with Crippen molar-refractivity contribution in [3.8, 4) is 0 Å². The highest BCUT2D eigenvalue weighted by Crippen LogP contribution is 2.20. The lowest BCUT2D eigenvalue weighted by molar-refractivity contribution is 0.102. The Morgan fingerprint density at radius 2 is 1.95 bits per heavy atom. The lowest BCUT2D eigenvalue weighted by Gasteiger charge is -2.09. The molecular formula is C17H13ClN2O2. The van der Waals surface area contributed by atoms with Gasteiger partial charge in [0.15, 0.2) is 0 Å². The molecule has 22 heavy (non-hydrogen) atoms. The third-order valence-corrected chi connectivity index (χ3v) is 3.70. The molecular weight excluding hydrogens is 300 g/mol. The van der Waals surface area contributed by atoms with Gasteiger partial charge in [-0.3, -0.25) is 9.59 Å². The fourth-order valence-corrected chi connectivity index (χ4v) is 2.52. The summed E-state index contributed by atoms with van der Waals surface area (Å²) in [7, 11) is 0. The lowest BCUT2D eigenvalue weighted by atomic mass is 10.1. The molecule has 0 atom stereocenters. The first kappa shape index (κ1) is 14.4. The number of benzene rings is 2. The van der Waals surface area contributed by atoms with Crippen molar-refractivity contribution in [2.24, 2.45) is 0 Å². The Morgan fingerprint density at radius 1 is 1.18 bits per heavy atom. The Hall–Kier alpha value is -2.59. The molecule has 2 N–H and O–H groups in total. The number of aryl methyl sites for hydroxylation is 1. The van der Waals surface area contributed by atoms with Gasteiger partial charge in [-0.25, -0.2) is 0 Å². The van der Waals surface area contributed by atoms with Gasteiger partial charge in [0.1, 0.15) is 5.56 Å². The molecule has 0 aliphatic heterocycles. The quantitative estimate of drug-likeness (QED) is 0.757. The Balaban J connectivity index is 1.99. The molecule has 0 aliphatic rings. The maximum atomic E-state index is 12.4. The molecule has 0 radical (unpaired) electrons. The number of aromatic nitrogens is 1. The molecule has 1 aromatic heterocycles. The normalized spacial score (nSPS) is 10.6. The maximum absolute atomic E-state index is 12.4. The number of hydrogen-bond acceptors (Lipinski definition) is 2. The number of amides is 1. The number of fused-ring (bicyclic) bond motifs is 1. The van der Waals surface area contributed by atoms with Crippen LogP contribution in [0.25, 0.3) is 10.9 Å². The number of rotatable bonds is 2. The van der Waals surface area contributed by atoms with Crippen LogP contribution >= 0.6 is 11.6 Å². The first-order valence-corrected chi connectivity index (χ1v) is 7.12. The molecule has 3 rings (SSSR count). The Bertz CT molecular complexity index is 931. The van der Waals surface area contributed by atoms with Crippen LogP contribution in [0.15, 0.2) is 53.5 Å². The van der Waals surface area contributed by atoms with Crippen molar-refractivity contribution in [2.45, 2.75) is 6.92 Å². The summed E-state index contributed by atoms with van der Waals surface area (Å²) in [4.78, 5) is 27.7. The summed E-state index contributed by atoms with van der Waals surface area (Å²) in [6, 6.07) is 12.2. The van der Waals surface area contributed by atoms with Crippen LogP contribution in [-0.2, 0) is 0 Å². The number of pyridine rings is 1. The molecule has 0 fully saturated rings. The number of para-hydroxylation sites is 1. The predicted molar refractivity (Wildman–Crippen MR) is 88.7 cm³/mol. The summed E-state index contributed by atoms with van der Waals surface area (Å²) >= 11 is 5.89. The van der Waals surface area contributed by atoms with E-state index in [2.05, 4.69) is 10.3 Å². The molecule has 0 spiro atoms. The summed E-state index contributed by atoms with van der Waals surface area (Å²) in [5, 5.41) is 3.83. The van der Waals surface area contributed by atoms with Crippen molar-refractivity contribution in [1.82, 2.24) is 4.98 Å². The van der Waals surface area contributed by atoms with Crippen LogP contribution in [0.2, 0.25) is 5.02 Å². The molecule has 2 aromatic carbocycles. The molecule has 1 amide bonds. The van der Waals surface area contributed by atoms with Crippen molar-refractivity contribution in [2.75, 3.05) is 5.32 Å². The van der Waals surface area contributed by atoms with Gasteiger partial charge in [0.2, 0.25) is 5.43 Å². The van der Waals surface area contributed by atoms with Crippen LogP contribution < -0.4 is 10.7 Å². The molecule has 110 valence electrons. The van der Waals surface area contributed by atoms with E-state index in [9.17, 15) is 9.59 Å². The molecule has 1 heterocycles. The van der Waals surface area contributed by atoms with Crippen LogP contribution in [0.3, 0.4) is 0 Å². The summed E-state index contributed by atoms with van der Waals surface area (Å²) in [6.45, 7) is 1.84. The van der Waals surface area contributed by atoms with Crippen molar-refractivity contribution >= 4 is 34.1 Å². The largest absolute Gasteiger partial charge is 0.360 e. The number of nitrogens with one attached hydrogen (secondary N) is 2. The van der Waals surface area contributed by atoms with Gasteiger partial charge in [-0.2, -0.15) is 0 Å². The number of carbonyl (C=O) groups excluding carboxylic acids is 1. The van der Waals surface area contributed by atoms with Crippen molar-refractivity contribution in [3.05, 3.63) is 75.0 Å². The number of hydrogen-bond donors (Lipinski definition) is 2. The van der Waals surface area contributed by atoms with Crippen molar-refractivity contribution in [1.29, 1.82) is 0 Å². The van der Waals surface area contributed by atoms with E-state index in [-0.39, 0.29) is 11.0 Å². The Labute approximate surface area is 131 Å². The number of aromatic amines is 1. The topological polar surface area (TPSA) is 62.0 Å².